The third-order valence-electron chi connectivity index (χ3n) is 4.04. The molecule has 0 aromatic heterocycles. The lowest BCUT2D eigenvalue weighted by atomic mass is 9.67. The largest absolute Gasteiger partial charge is 0.385 e. The van der Waals surface area contributed by atoms with Crippen molar-refractivity contribution >= 4 is 35.8 Å². The van der Waals surface area contributed by atoms with Gasteiger partial charge in [0, 0.05) is 32.8 Å². The Hall–Kier alpha value is -0.570. The lowest BCUT2D eigenvalue weighted by molar-refractivity contribution is -0.121. The van der Waals surface area contributed by atoms with Gasteiger partial charge in [0.25, 0.3) is 0 Å². The van der Waals surface area contributed by atoms with Gasteiger partial charge in [0.1, 0.15) is 0 Å². The fraction of sp³-hybridized carbons (Fsp3) is 0.875. The van der Waals surface area contributed by atoms with Gasteiger partial charge in [-0.15, -0.1) is 24.0 Å². The number of carbonyl (C=O) groups is 1. The highest BCUT2D eigenvalue weighted by atomic mass is 127. The van der Waals surface area contributed by atoms with Crippen molar-refractivity contribution in [3.63, 3.8) is 0 Å². The van der Waals surface area contributed by atoms with Crippen LogP contribution in [0.25, 0.3) is 0 Å². The molecule has 1 aliphatic rings. The summed E-state index contributed by atoms with van der Waals surface area (Å²) in [4.78, 5) is 16.0. The highest BCUT2D eigenvalue weighted by Crippen LogP contribution is 2.43. The SMILES string of the molecule is CN=C(NCC(=O)NC(C)(C)C)NCC1(CCOC)CCC1.I. The van der Waals surface area contributed by atoms with Gasteiger partial charge in [-0.1, -0.05) is 6.42 Å². The van der Waals surface area contributed by atoms with Crippen LogP contribution in [0.15, 0.2) is 4.99 Å². The molecule has 0 atom stereocenters. The molecule has 7 heteroatoms. The second-order valence-corrected chi connectivity index (χ2v) is 7.17. The highest BCUT2D eigenvalue weighted by molar-refractivity contribution is 14.0. The third-order valence-corrected chi connectivity index (χ3v) is 4.04. The Morgan fingerprint density at radius 1 is 1.26 bits per heavy atom. The number of hydrogen-bond acceptors (Lipinski definition) is 3. The van der Waals surface area contributed by atoms with Crippen molar-refractivity contribution in [2.24, 2.45) is 10.4 Å². The molecule has 0 saturated heterocycles. The van der Waals surface area contributed by atoms with Gasteiger partial charge in [0.05, 0.1) is 6.54 Å². The monoisotopic (exact) mass is 440 g/mol. The third kappa shape index (κ3) is 8.74. The molecule has 0 aliphatic heterocycles. The van der Waals surface area contributed by atoms with Gasteiger partial charge in [-0.25, -0.2) is 0 Å². The van der Waals surface area contributed by atoms with Gasteiger partial charge >= 0.3 is 0 Å². The minimum absolute atomic E-state index is 0. The molecule has 0 spiro atoms. The van der Waals surface area contributed by atoms with Crippen LogP contribution in [-0.2, 0) is 9.53 Å². The Labute approximate surface area is 157 Å². The zero-order chi connectivity index (χ0) is 16.6. The van der Waals surface area contributed by atoms with Crippen LogP contribution in [0.2, 0.25) is 0 Å². The Morgan fingerprint density at radius 3 is 2.35 bits per heavy atom. The van der Waals surface area contributed by atoms with E-state index in [2.05, 4.69) is 20.9 Å². The Balaban J connectivity index is 0.00000484. The van der Waals surface area contributed by atoms with Gasteiger partial charge in [0.15, 0.2) is 5.96 Å². The molecule has 3 N–H and O–H groups in total. The average Bonchev–Trinajstić information content (AvgIpc) is 2.38. The summed E-state index contributed by atoms with van der Waals surface area (Å²) in [7, 11) is 3.47. The average molecular weight is 440 g/mol. The van der Waals surface area contributed by atoms with E-state index in [1.165, 1.54) is 19.3 Å². The molecule has 1 fully saturated rings. The molecule has 1 aliphatic carbocycles. The van der Waals surface area contributed by atoms with E-state index in [-0.39, 0.29) is 42.0 Å². The van der Waals surface area contributed by atoms with Crippen molar-refractivity contribution in [2.45, 2.75) is 52.0 Å². The minimum Gasteiger partial charge on any atom is -0.385 e. The molecule has 1 rings (SSSR count). The highest BCUT2D eigenvalue weighted by Gasteiger charge is 2.36. The van der Waals surface area contributed by atoms with Crippen LogP contribution >= 0.6 is 24.0 Å². The van der Waals surface area contributed by atoms with Crippen molar-refractivity contribution in [2.75, 3.05) is 33.9 Å². The number of halogens is 1. The maximum absolute atomic E-state index is 11.8. The first-order valence-electron chi connectivity index (χ1n) is 8.05. The summed E-state index contributed by atoms with van der Waals surface area (Å²) in [5.74, 6) is 0.640. The van der Waals surface area contributed by atoms with Gasteiger partial charge in [0.2, 0.25) is 5.91 Å². The standard InChI is InChI=1S/C16H32N4O2.HI/c1-15(2,3)20-13(21)11-18-14(17-4)19-12-16(7-6-8-16)9-10-22-5;/h6-12H2,1-5H3,(H,20,21)(H2,17,18,19);1H. The molecular formula is C16H33IN4O2. The Kier molecular flexibility index (Phi) is 10.1. The number of guanidine groups is 1. The molecule has 1 amide bonds. The molecule has 1 saturated carbocycles. The van der Waals surface area contributed by atoms with Crippen LogP contribution in [0, 0.1) is 5.41 Å². The zero-order valence-corrected chi connectivity index (χ0v) is 17.5. The normalized spacial score (nSPS) is 16.8. The molecule has 136 valence electrons. The molecule has 6 nitrogen and oxygen atoms in total. The second kappa shape index (κ2) is 10.3. The van der Waals surface area contributed by atoms with Crippen molar-refractivity contribution in [1.29, 1.82) is 0 Å². The number of nitrogens with one attached hydrogen (secondary N) is 3. The van der Waals surface area contributed by atoms with Crippen LogP contribution in [0.1, 0.15) is 46.5 Å². The fourth-order valence-corrected chi connectivity index (χ4v) is 2.63. The van der Waals surface area contributed by atoms with Crippen LogP contribution in [0.3, 0.4) is 0 Å². The van der Waals surface area contributed by atoms with E-state index in [4.69, 9.17) is 4.74 Å². The maximum atomic E-state index is 11.8. The quantitative estimate of drug-likeness (QED) is 0.321. The summed E-state index contributed by atoms with van der Waals surface area (Å²) in [6.07, 6.45) is 4.80. The van der Waals surface area contributed by atoms with Crippen LogP contribution < -0.4 is 16.0 Å². The van der Waals surface area contributed by atoms with Gasteiger partial charge in [-0.05, 0) is 45.4 Å². The first-order valence-corrected chi connectivity index (χ1v) is 8.05. The molecule has 0 radical (unpaired) electrons. The molecule has 0 aromatic carbocycles. The van der Waals surface area contributed by atoms with E-state index >= 15 is 0 Å². The maximum Gasteiger partial charge on any atom is 0.239 e. The summed E-state index contributed by atoms with van der Waals surface area (Å²) in [5.41, 5.74) is 0.104. The van der Waals surface area contributed by atoms with Crippen molar-refractivity contribution in [1.82, 2.24) is 16.0 Å². The summed E-state index contributed by atoms with van der Waals surface area (Å²) < 4.78 is 5.21. The number of amides is 1. The first kappa shape index (κ1) is 22.4. The van der Waals surface area contributed by atoms with Crippen molar-refractivity contribution in [3.8, 4) is 0 Å². The lowest BCUT2D eigenvalue weighted by Gasteiger charge is -2.42. The van der Waals surface area contributed by atoms with Crippen molar-refractivity contribution in [3.05, 3.63) is 0 Å². The van der Waals surface area contributed by atoms with Gasteiger partial charge < -0.3 is 20.7 Å². The number of carbonyl (C=O) groups excluding carboxylic acids is 1. The molecule has 0 bridgehead atoms. The number of rotatable bonds is 7. The predicted octanol–water partition coefficient (Wildman–Crippen LogP) is 1.89. The van der Waals surface area contributed by atoms with E-state index < -0.39 is 0 Å². The first-order chi connectivity index (χ1) is 10.3. The molecule has 0 unspecified atom stereocenters. The smallest absolute Gasteiger partial charge is 0.239 e. The number of aliphatic imine (C=N–C) groups is 1. The van der Waals surface area contributed by atoms with E-state index in [9.17, 15) is 4.79 Å². The molecule has 0 aromatic rings. The van der Waals surface area contributed by atoms with Crippen LogP contribution in [0.5, 0.6) is 0 Å². The van der Waals surface area contributed by atoms with Crippen molar-refractivity contribution < 1.29 is 9.53 Å². The summed E-state index contributed by atoms with van der Waals surface area (Å²) in [5, 5.41) is 9.33. The number of hydrogen-bond donors (Lipinski definition) is 3. The fourth-order valence-electron chi connectivity index (χ4n) is 2.63. The second-order valence-electron chi connectivity index (χ2n) is 7.17. The number of ether oxygens (including phenoxy) is 1. The summed E-state index contributed by atoms with van der Waals surface area (Å²) >= 11 is 0. The summed E-state index contributed by atoms with van der Waals surface area (Å²) in [6.45, 7) is 7.79. The molecule has 23 heavy (non-hydrogen) atoms. The van der Waals surface area contributed by atoms with E-state index in [1.807, 2.05) is 20.8 Å². The van der Waals surface area contributed by atoms with E-state index in [0.29, 0.717) is 11.4 Å². The molecule has 0 heterocycles. The van der Waals surface area contributed by atoms with E-state index in [0.717, 1.165) is 19.6 Å². The topological polar surface area (TPSA) is 74.8 Å². The number of nitrogens with zero attached hydrogens (tertiary/aromatic N) is 1. The van der Waals surface area contributed by atoms with Gasteiger partial charge in [-0.3, -0.25) is 9.79 Å². The molecular weight excluding hydrogens is 407 g/mol. The predicted molar refractivity (Wildman–Crippen MR) is 105 cm³/mol. The summed E-state index contributed by atoms with van der Waals surface area (Å²) in [6, 6.07) is 0. The van der Waals surface area contributed by atoms with Crippen LogP contribution in [-0.4, -0.2) is 51.3 Å². The van der Waals surface area contributed by atoms with E-state index in [1.54, 1.807) is 14.2 Å². The lowest BCUT2D eigenvalue weighted by Crippen LogP contribution is -2.50. The zero-order valence-electron chi connectivity index (χ0n) is 15.1. The van der Waals surface area contributed by atoms with Crippen LogP contribution in [0.4, 0.5) is 0 Å². The Bertz CT molecular complexity index is 390. The number of methoxy groups -OCH3 is 1. The van der Waals surface area contributed by atoms with Gasteiger partial charge in [-0.2, -0.15) is 0 Å². The Morgan fingerprint density at radius 2 is 1.91 bits per heavy atom. The minimum atomic E-state index is -0.216.